The molecule has 1 aromatic heterocycles. The summed E-state index contributed by atoms with van der Waals surface area (Å²) in [5, 5.41) is 8.08. The number of nitrogens with zero attached hydrogens (tertiary/aromatic N) is 2. The molecule has 0 atom stereocenters. The van der Waals surface area contributed by atoms with E-state index in [1.165, 1.54) is 22.0 Å². The molecule has 1 heterocycles. The Morgan fingerprint density at radius 1 is 0.889 bits per heavy atom. The molecule has 0 bridgehead atoms. The summed E-state index contributed by atoms with van der Waals surface area (Å²) in [5.74, 6) is 0. The number of aromatic amines is 1. The van der Waals surface area contributed by atoms with Crippen molar-refractivity contribution in [3.05, 3.63) is 102 Å². The Kier molecular flexibility index (Phi) is 5.01. The van der Waals surface area contributed by atoms with Crippen molar-refractivity contribution >= 4 is 22.8 Å². The number of H-pyrrole nitrogens is 1. The van der Waals surface area contributed by atoms with Gasteiger partial charge in [-0.2, -0.15) is 5.10 Å². The van der Waals surface area contributed by atoms with Gasteiger partial charge in [0.15, 0.2) is 0 Å². The first kappa shape index (κ1) is 17.1. The van der Waals surface area contributed by atoms with Gasteiger partial charge < -0.3 is 4.98 Å². The molecular formula is C24H23N3. The molecule has 4 aromatic rings. The lowest BCUT2D eigenvalue weighted by Crippen LogP contribution is -2.15. The van der Waals surface area contributed by atoms with Crippen molar-refractivity contribution in [1.29, 1.82) is 0 Å². The fourth-order valence-corrected chi connectivity index (χ4v) is 3.33. The van der Waals surface area contributed by atoms with Crippen molar-refractivity contribution in [3.8, 4) is 0 Å². The Morgan fingerprint density at radius 3 is 2.37 bits per heavy atom. The maximum absolute atomic E-state index is 4.83. The average Bonchev–Trinajstić information content (AvgIpc) is 3.15. The lowest BCUT2D eigenvalue weighted by Gasteiger charge is -2.19. The molecule has 1 N–H and O–H groups in total. The molecule has 0 spiro atoms. The van der Waals surface area contributed by atoms with Gasteiger partial charge in [0.25, 0.3) is 0 Å². The molecule has 0 aliphatic rings. The van der Waals surface area contributed by atoms with Gasteiger partial charge in [-0.25, -0.2) is 0 Å². The number of aromatic nitrogens is 1. The lowest BCUT2D eigenvalue weighted by atomic mass is 10.1. The molecule has 0 saturated heterocycles. The second-order valence-corrected chi connectivity index (χ2v) is 6.56. The largest absolute Gasteiger partial charge is 0.360 e. The Morgan fingerprint density at radius 2 is 1.63 bits per heavy atom. The molecule has 0 amide bonds. The summed E-state index contributed by atoms with van der Waals surface area (Å²) in [5.41, 5.74) is 5.94. The van der Waals surface area contributed by atoms with Gasteiger partial charge in [-0.15, -0.1) is 0 Å². The summed E-state index contributed by atoms with van der Waals surface area (Å²) in [7, 11) is 0. The first-order chi connectivity index (χ1) is 13.3. The zero-order valence-electron chi connectivity index (χ0n) is 15.5. The minimum absolute atomic E-state index is 0.726. The number of rotatable bonds is 6. The second kappa shape index (κ2) is 7.92. The number of anilines is 1. The van der Waals surface area contributed by atoms with E-state index in [9.17, 15) is 0 Å². The zero-order chi connectivity index (χ0) is 18.5. The van der Waals surface area contributed by atoms with Crippen LogP contribution in [0.1, 0.15) is 23.6 Å². The summed E-state index contributed by atoms with van der Waals surface area (Å²) in [4.78, 5) is 3.41. The molecule has 27 heavy (non-hydrogen) atoms. The Hall–Kier alpha value is -3.33. The third-order valence-electron chi connectivity index (χ3n) is 4.78. The molecule has 3 aromatic carbocycles. The van der Waals surface area contributed by atoms with E-state index in [4.69, 9.17) is 5.10 Å². The minimum atomic E-state index is 0.726. The van der Waals surface area contributed by atoms with Crippen LogP contribution in [-0.2, 0) is 13.0 Å². The van der Waals surface area contributed by atoms with Crippen LogP contribution in [0.2, 0.25) is 0 Å². The third-order valence-corrected chi connectivity index (χ3v) is 4.78. The lowest BCUT2D eigenvalue weighted by molar-refractivity contribution is 0.859. The fraction of sp³-hybridized carbons (Fsp3) is 0.125. The molecule has 0 fully saturated rings. The predicted molar refractivity (Wildman–Crippen MR) is 114 cm³/mol. The summed E-state index contributed by atoms with van der Waals surface area (Å²) < 4.78 is 0. The molecule has 4 rings (SSSR count). The standard InChI is InChI=1S/C24H23N3/c1-2-20-12-9-15-23-21(16-25-24(20)23)17-26-27(22-13-7-4-8-14-22)18-19-10-5-3-6-11-19/h3-17,25H,2,18H2,1H3/b26-17+. The van der Waals surface area contributed by atoms with Crippen molar-refractivity contribution in [1.82, 2.24) is 4.98 Å². The van der Waals surface area contributed by atoms with Gasteiger partial charge in [-0.3, -0.25) is 5.01 Å². The predicted octanol–water partition coefficient (Wildman–Crippen LogP) is 5.77. The molecule has 0 unspecified atom stereocenters. The van der Waals surface area contributed by atoms with Gasteiger partial charge in [0.1, 0.15) is 0 Å². The van der Waals surface area contributed by atoms with Gasteiger partial charge in [0.2, 0.25) is 0 Å². The Balaban J connectivity index is 1.67. The van der Waals surface area contributed by atoms with Crippen molar-refractivity contribution in [2.24, 2.45) is 5.10 Å². The molecule has 134 valence electrons. The first-order valence-corrected chi connectivity index (χ1v) is 9.34. The van der Waals surface area contributed by atoms with Crippen LogP contribution < -0.4 is 5.01 Å². The third kappa shape index (κ3) is 3.77. The first-order valence-electron chi connectivity index (χ1n) is 9.34. The van der Waals surface area contributed by atoms with Gasteiger partial charge in [0.05, 0.1) is 18.4 Å². The van der Waals surface area contributed by atoms with Gasteiger partial charge >= 0.3 is 0 Å². The summed E-state index contributed by atoms with van der Waals surface area (Å²) in [6.07, 6.45) is 5.01. The van der Waals surface area contributed by atoms with E-state index in [2.05, 4.69) is 66.5 Å². The second-order valence-electron chi connectivity index (χ2n) is 6.56. The van der Waals surface area contributed by atoms with Crippen molar-refractivity contribution in [2.75, 3.05) is 5.01 Å². The number of fused-ring (bicyclic) bond motifs is 1. The van der Waals surface area contributed by atoms with Crippen LogP contribution >= 0.6 is 0 Å². The number of hydrazone groups is 1. The van der Waals surface area contributed by atoms with E-state index in [0.29, 0.717) is 0 Å². The molecule has 0 aliphatic carbocycles. The highest BCUT2D eigenvalue weighted by Gasteiger charge is 2.08. The van der Waals surface area contributed by atoms with Gasteiger partial charge in [-0.1, -0.05) is 73.7 Å². The average molecular weight is 353 g/mol. The molecule has 3 nitrogen and oxygen atoms in total. The van der Waals surface area contributed by atoms with Crippen molar-refractivity contribution in [2.45, 2.75) is 19.9 Å². The monoisotopic (exact) mass is 353 g/mol. The van der Waals surface area contributed by atoms with Crippen LogP contribution in [0.4, 0.5) is 5.69 Å². The van der Waals surface area contributed by atoms with Crippen LogP contribution in [0.15, 0.2) is 90.2 Å². The molecule has 0 saturated carbocycles. The molecule has 0 aliphatic heterocycles. The summed E-state index contributed by atoms with van der Waals surface area (Å²) in [6, 6.07) is 27.2. The minimum Gasteiger partial charge on any atom is -0.360 e. The number of para-hydroxylation sites is 2. The topological polar surface area (TPSA) is 31.4 Å². The SMILES string of the molecule is CCc1cccc2c(/C=N/N(Cc3ccccc3)c3ccccc3)c[nH]c12. The smallest absolute Gasteiger partial charge is 0.0666 e. The number of hydrogen-bond acceptors (Lipinski definition) is 2. The number of aryl methyl sites for hydroxylation is 1. The van der Waals surface area contributed by atoms with E-state index in [1.54, 1.807) is 0 Å². The fourth-order valence-electron chi connectivity index (χ4n) is 3.33. The molecule has 3 heteroatoms. The maximum atomic E-state index is 4.83. The quantitative estimate of drug-likeness (QED) is 0.346. The normalized spacial score (nSPS) is 11.3. The highest BCUT2D eigenvalue weighted by molar-refractivity contribution is 6.00. The van der Waals surface area contributed by atoms with E-state index < -0.39 is 0 Å². The van der Waals surface area contributed by atoms with Crippen molar-refractivity contribution < 1.29 is 0 Å². The Labute approximate surface area is 160 Å². The van der Waals surface area contributed by atoms with Crippen LogP contribution in [0.3, 0.4) is 0 Å². The molecule has 0 radical (unpaired) electrons. The van der Waals surface area contributed by atoms with Gasteiger partial charge in [0, 0.05) is 22.7 Å². The van der Waals surface area contributed by atoms with E-state index >= 15 is 0 Å². The Bertz CT molecular complexity index is 1030. The van der Waals surface area contributed by atoms with E-state index in [1.807, 2.05) is 41.7 Å². The highest BCUT2D eigenvalue weighted by Crippen LogP contribution is 2.22. The zero-order valence-corrected chi connectivity index (χ0v) is 15.5. The number of nitrogens with one attached hydrogen (secondary N) is 1. The molecular weight excluding hydrogens is 330 g/mol. The number of benzene rings is 3. The summed E-state index contributed by atoms with van der Waals surface area (Å²) in [6.45, 7) is 2.91. The highest BCUT2D eigenvalue weighted by atomic mass is 15.4. The van der Waals surface area contributed by atoms with Crippen LogP contribution in [0.25, 0.3) is 10.9 Å². The van der Waals surface area contributed by atoms with Crippen LogP contribution in [-0.4, -0.2) is 11.2 Å². The van der Waals surface area contributed by atoms with Gasteiger partial charge in [-0.05, 0) is 29.7 Å². The van der Waals surface area contributed by atoms with Crippen LogP contribution in [0.5, 0.6) is 0 Å². The van der Waals surface area contributed by atoms with E-state index in [-0.39, 0.29) is 0 Å². The van der Waals surface area contributed by atoms with Crippen molar-refractivity contribution in [3.63, 3.8) is 0 Å². The number of hydrogen-bond donors (Lipinski definition) is 1. The van der Waals surface area contributed by atoms with Crippen LogP contribution in [0, 0.1) is 0 Å². The van der Waals surface area contributed by atoms with E-state index in [0.717, 1.165) is 24.2 Å². The summed E-state index contributed by atoms with van der Waals surface area (Å²) >= 11 is 0. The maximum Gasteiger partial charge on any atom is 0.0666 e.